The number of rotatable bonds is 2. The molecule has 5 nitrogen and oxygen atoms in total. The Bertz CT molecular complexity index is 577. The molecular weight excluding hydrogens is 284 g/mol. The van der Waals surface area contributed by atoms with Crippen molar-refractivity contribution in [2.45, 2.75) is 0 Å². The predicted octanol–water partition coefficient (Wildman–Crippen LogP) is 2.49. The van der Waals surface area contributed by atoms with Crippen LogP contribution in [0.25, 0.3) is 0 Å². The number of aromatic nitrogens is 2. The van der Waals surface area contributed by atoms with E-state index in [9.17, 15) is 0 Å². The maximum atomic E-state index is 8.66. The molecule has 0 bridgehead atoms. The van der Waals surface area contributed by atoms with Gasteiger partial charge in [-0.1, -0.05) is 0 Å². The van der Waals surface area contributed by atoms with Crippen molar-refractivity contribution >= 4 is 21.7 Å². The summed E-state index contributed by atoms with van der Waals surface area (Å²) in [6.45, 7) is 0. The van der Waals surface area contributed by atoms with Crippen molar-refractivity contribution in [1.29, 1.82) is 5.26 Å². The van der Waals surface area contributed by atoms with Gasteiger partial charge in [0, 0.05) is 0 Å². The van der Waals surface area contributed by atoms with Crippen LogP contribution in [0.5, 0.6) is 11.6 Å². The Morgan fingerprint density at radius 2 is 1.94 bits per heavy atom. The van der Waals surface area contributed by atoms with Gasteiger partial charge in [-0.05, 0) is 40.2 Å². The number of nitriles is 1. The summed E-state index contributed by atoms with van der Waals surface area (Å²) >= 11 is 3.24. The first-order chi connectivity index (χ1) is 8.20. The summed E-state index contributed by atoms with van der Waals surface area (Å²) in [6.07, 6.45) is 1.32. The second-order valence-corrected chi connectivity index (χ2v) is 3.91. The van der Waals surface area contributed by atoms with Gasteiger partial charge >= 0.3 is 0 Å². The molecule has 0 amide bonds. The van der Waals surface area contributed by atoms with Crippen LogP contribution in [0.1, 0.15) is 5.56 Å². The molecule has 0 unspecified atom stereocenters. The third kappa shape index (κ3) is 2.52. The lowest BCUT2D eigenvalue weighted by Crippen LogP contribution is -1.96. The molecule has 2 aromatic rings. The van der Waals surface area contributed by atoms with Gasteiger partial charge in [0.15, 0.2) is 0 Å². The van der Waals surface area contributed by atoms with Gasteiger partial charge in [0.2, 0.25) is 5.88 Å². The van der Waals surface area contributed by atoms with Crippen LogP contribution in [0.15, 0.2) is 35.1 Å². The highest BCUT2D eigenvalue weighted by atomic mass is 79.9. The van der Waals surface area contributed by atoms with E-state index in [2.05, 4.69) is 25.9 Å². The number of nitrogen functional groups attached to an aromatic ring is 1. The molecule has 6 heteroatoms. The van der Waals surface area contributed by atoms with Gasteiger partial charge in [0.1, 0.15) is 22.4 Å². The van der Waals surface area contributed by atoms with E-state index in [1.807, 2.05) is 6.07 Å². The summed E-state index contributed by atoms with van der Waals surface area (Å²) < 4.78 is 6.01. The van der Waals surface area contributed by atoms with Crippen molar-refractivity contribution in [1.82, 2.24) is 9.97 Å². The van der Waals surface area contributed by atoms with Gasteiger partial charge in [-0.2, -0.15) is 5.26 Å². The van der Waals surface area contributed by atoms with Crippen LogP contribution in [-0.4, -0.2) is 9.97 Å². The number of ether oxygens (including phenoxy) is 1. The lowest BCUT2D eigenvalue weighted by Gasteiger charge is -2.06. The van der Waals surface area contributed by atoms with Crippen LogP contribution in [-0.2, 0) is 0 Å². The second kappa shape index (κ2) is 4.80. The van der Waals surface area contributed by atoms with Crippen LogP contribution >= 0.6 is 15.9 Å². The van der Waals surface area contributed by atoms with Crippen LogP contribution in [0, 0.1) is 11.3 Å². The zero-order valence-corrected chi connectivity index (χ0v) is 10.2. The lowest BCUT2D eigenvalue weighted by atomic mass is 10.2. The van der Waals surface area contributed by atoms with Crippen LogP contribution in [0.4, 0.5) is 5.82 Å². The maximum Gasteiger partial charge on any atom is 0.238 e. The predicted molar refractivity (Wildman–Crippen MR) is 65.4 cm³/mol. The van der Waals surface area contributed by atoms with E-state index < -0.39 is 0 Å². The molecule has 0 atom stereocenters. The highest BCUT2D eigenvalue weighted by Crippen LogP contribution is 2.30. The third-order valence-corrected chi connectivity index (χ3v) is 2.73. The second-order valence-electron chi connectivity index (χ2n) is 3.12. The van der Waals surface area contributed by atoms with Gasteiger partial charge in [-0.3, -0.25) is 0 Å². The molecule has 84 valence electrons. The number of nitrogens with zero attached hydrogens (tertiary/aromatic N) is 3. The molecule has 0 saturated carbocycles. The molecular formula is C11H7BrN4O. The topological polar surface area (TPSA) is 84.8 Å². The largest absolute Gasteiger partial charge is 0.438 e. The fraction of sp³-hybridized carbons (Fsp3) is 0. The van der Waals surface area contributed by atoms with E-state index in [1.165, 1.54) is 6.33 Å². The van der Waals surface area contributed by atoms with Crippen molar-refractivity contribution in [3.63, 3.8) is 0 Å². The maximum absolute atomic E-state index is 8.66. The van der Waals surface area contributed by atoms with Gasteiger partial charge in [0.05, 0.1) is 11.6 Å². The summed E-state index contributed by atoms with van der Waals surface area (Å²) in [5.41, 5.74) is 6.17. The molecule has 2 N–H and O–H groups in total. The molecule has 2 rings (SSSR count). The number of anilines is 1. The highest BCUT2D eigenvalue weighted by molar-refractivity contribution is 9.10. The summed E-state index contributed by atoms with van der Waals surface area (Å²) in [5.74, 6) is 1.22. The molecule has 0 fully saturated rings. The summed E-state index contributed by atoms with van der Waals surface area (Å²) in [6, 6.07) is 8.72. The minimum absolute atomic E-state index is 0.309. The summed E-state index contributed by atoms with van der Waals surface area (Å²) in [7, 11) is 0. The monoisotopic (exact) mass is 290 g/mol. The number of nitrogens with two attached hydrogens (primary N) is 1. The molecule has 1 aromatic carbocycles. The first-order valence-corrected chi connectivity index (χ1v) is 5.44. The van der Waals surface area contributed by atoms with Crippen LogP contribution < -0.4 is 10.5 Å². The molecule has 0 aliphatic heterocycles. The zero-order chi connectivity index (χ0) is 12.3. The third-order valence-electron chi connectivity index (χ3n) is 1.98. The van der Waals surface area contributed by atoms with E-state index >= 15 is 0 Å². The van der Waals surface area contributed by atoms with E-state index in [-0.39, 0.29) is 0 Å². The lowest BCUT2D eigenvalue weighted by molar-refractivity contribution is 0.458. The molecule has 1 aromatic heterocycles. The Morgan fingerprint density at radius 1 is 1.24 bits per heavy atom. The average Bonchev–Trinajstić information content (AvgIpc) is 2.36. The van der Waals surface area contributed by atoms with E-state index in [0.29, 0.717) is 27.5 Å². The van der Waals surface area contributed by atoms with Crippen molar-refractivity contribution < 1.29 is 4.74 Å². The van der Waals surface area contributed by atoms with Gasteiger partial charge in [0.25, 0.3) is 0 Å². The van der Waals surface area contributed by atoms with Gasteiger partial charge in [-0.15, -0.1) is 0 Å². The smallest absolute Gasteiger partial charge is 0.238 e. The van der Waals surface area contributed by atoms with Gasteiger partial charge < -0.3 is 10.5 Å². The zero-order valence-electron chi connectivity index (χ0n) is 8.59. The fourth-order valence-electron chi connectivity index (χ4n) is 1.15. The Morgan fingerprint density at radius 3 is 2.59 bits per heavy atom. The van der Waals surface area contributed by atoms with Crippen molar-refractivity contribution in [2.24, 2.45) is 0 Å². The van der Waals surface area contributed by atoms with Crippen LogP contribution in [0.2, 0.25) is 0 Å². The Hall–Kier alpha value is -2.13. The Balaban J connectivity index is 2.26. The van der Waals surface area contributed by atoms with Crippen molar-refractivity contribution in [3.05, 3.63) is 40.6 Å². The van der Waals surface area contributed by atoms with Gasteiger partial charge in [-0.25, -0.2) is 9.97 Å². The quantitative estimate of drug-likeness (QED) is 0.918. The molecule has 0 saturated heterocycles. The SMILES string of the molecule is N#Cc1ccc(Oc2ncnc(N)c2Br)cc1. The van der Waals surface area contributed by atoms with E-state index in [0.717, 1.165) is 0 Å². The van der Waals surface area contributed by atoms with Crippen molar-refractivity contribution in [2.75, 3.05) is 5.73 Å². The molecule has 0 radical (unpaired) electrons. The fourth-order valence-corrected chi connectivity index (χ4v) is 1.43. The van der Waals surface area contributed by atoms with Crippen LogP contribution in [0.3, 0.4) is 0 Å². The average molecular weight is 291 g/mol. The molecule has 0 aliphatic rings. The Labute approximate surface area is 106 Å². The molecule has 17 heavy (non-hydrogen) atoms. The number of hydrogen-bond acceptors (Lipinski definition) is 5. The summed E-state index contributed by atoms with van der Waals surface area (Å²) in [4.78, 5) is 7.76. The highest BCUT2D eigenvalue weighted by Gasteiger charge is 2.08. The van der Waals surface area contributed by atoms with E-state index in [4.69, 9.17) is 15.7 Å². The molecule has 0 aliphatic carbocycles. The first kappa shape index (κ1) is 11.4. The summed E-state index contributed by atoms with van der Waals surface area (Å²) in [5, 5.41) is 8.66. The number of benzene rings is 1. The molecule has 0 spiro atoms. The van der Waals surface area contributed by atoms with Crippen molar-refractivity contribution in [3.8, 4) is 17.7 Å². The molecule has 1 heterocycles. The standard InChI is InChI=1S/C11H7BrN4O/c12-9-10(14)15-6-16-11(9)17-8-3-1-7(5-13)2-4-8/h1-4,6H,(H2,14,15,16). The van der Waals surface area contributed by atoms with E-state index in [1.54, 1.807) is 24.3 Å². The minimum atomic E-state index is 0.309. The minimum Gasteiger partial charge on any atom is -0.438 e. The first-order valence-electron chi connectivity index (χ1n) is 4.64. The number of halogens is 1. The Kier molecular flexibility index (Phi) is 3.21. The number of hydrogen-bond donors (Lipinski definition) is 1. The normalized spacial score (nSPS) is 9.65.